The number of benzene rings is 6. The fourth-order valence-electron chi connectivity index (χ4n) is 11.6. The van der Waals surface area contributed by atoms with Crippen LogP contribution in [0.15, 0.2) is 141 Å². The van der Waals surface area contributed by atoms with E-state index in [-0.39, 0.29) is 35.0 Å². The third kappa shape index (κ3) is 10.7. The number of fused-ring (bicyclic) bond motifs is 3. The quantitative estimate of drug-likeness (QED) is 0.132. The Morgan fingerprint density at radius 1 is 0.475 bits per heavy atom. The number of ether oxygens (including phenoxy) is 2. The molecule has 0 radical (unpaired) electrons. The molecule has 3 saturated heterocycles. The van der Waals surface area contributed by atoms with Gasteiger partial charge in [0, 0.05) is 93.3 Å². The van der Waals surface area contributed by atoms with E-state index in [1.54, 1.807) is 87.7 Å². The van der Waals surface area contributed by atoms with E-state index in [0.717, 1.165) is 59.3 Å². The van der Waals surface area contributed by atoms with E-state index in [2.05, 4.69) is 53.1 Å². The number of hydrogen-bond acceptors (Lipinski definition) is 11. The molecule has 3 atom stereocenters. The molecule has 416 valence electrons. The average Bonchev–Trinajstić information content (AvgIpc) is 4.42. The Balaban J connectivity index is 0.000000136. The van der Waals surface area contributed by atoms with Gasteiger partial charge < -0.3 is 44.8 Å². The molecule has 0 aromatic heterocycles. The van der Waals surface area contributed by atoms with Crippen LogP contribution in [0.3, 0.4) is 0 Å². The molecule has 19 heteroatoms. The van der Waals surface area contributed by atoms with Crippen molar-refractivity contribution in [2.45, 2.75) is 108 Å². The van der Waals surface area contributed by atoms with Crippen molar-refractivity contribution < 1.29 is 48.8 Å². The normalized spacial score (nSPS) is 21.6. The first-order valence-electron chi connectivity index (χ1n) is 26.3. The molecular weight excluding hydrogens is 1220 g/mol. The fraction of sp³-hybridized carbons (Fsp3) is 0.328. The molecule has 6 aromatic carbocycles. The molecule has 6 aromatic rings. The minimum Gasteiger partial charge on any atom is -0.508 e. The molecule has 6 aliphatic rings. The van der Waals surface area contributed by atoms with E-state index in [0.29, 0.717) is 63.1 Å². The Morgan fingerprint density at radius 3 is 1.21 bits per heavy atom. The summed E-state index contributed by atoms with van der Waals surface area (Å²) >= 11 is 10.2. The van der Waals surface area contributed by atoms with Gasteiger partial charge in [0.2, 0.25) is 0 Å². The Morgan fingerprint density at radius 2 is 0.825 bits per heavy atom. The first-order valence-corrected chi connectivity index (χ1v) is 28.7. The minimum absolute atomic E-state index is 0.0459. The van der Waals surface area contributed by atoms with Crippen molar-refractivity contribution in [3.8, 4) is 17.2 Å². The van der Waals surface area contributed by atoms with Crippen LogP contribution in [0.1, 0.15) is 77.5 Å². The van der Waals surface area contributed by atoms with E-state index in [4.69, 9.17) is 9.47 Å². The summed E-state index contributed by atoms with van der Waals surface area (Å²) in [6.07, 6.45) is 2.04. The number of carbonyl (C=O) groups is 5. The lowest BCUT2D eigenvalue weighted by atomic mass is 9.92. The van der Waals surface area contributed by atoms with Crippen molar-refractivity contribution in [2.75, 3.05) is 49.5 Å². The van der Waals surface area contributed by atoms with Crippen LogP contribution in [0.2, 0.25) is 0 Å². The first-order chi connectivity index (χ1) is 37.8. The van der Waals surface area contributed by atoms with Crippen LogP contribution < -0.4 is 29.8 Å². The zero-order valence-electron chi connectivity index (χ0n) is 45.1. The molecule has 3 spiro atoms. The van der Waals surface area contributed by atoms with Crippen molar-refractivity contribution in [2.24, 2.45) is 0 Å². The SMILES string of the molecule is CC(C)(C)OC(=O)N1c2cc(O)ccc2CC12CCN(c1ccc(Br)cc1)C2=O.CC(C)(C)OC(=O)N1c2cc(O)ccc2CC12CCN(c1ccc(Br)cc1)C2=O.O=C1N(c2ccc(Br)cc2)CCC12Cc1ccc(O)cc1N2. The van der Waals surface area contributed by atoms with Gasteiger partial charge in [-0.15, -0.1) is 0 Å². The summed E-state index contributed by atoms with van der Waals surface area (Å²) in [6.45, 7) is 12.5. The summed E-state index contributed by atoms with van der Waals surface area (Å²) in [5.74, 6) is 0.140. The maximum atomic E-state index is 13.7. The minimum atomic E-state index is -1.05. The summed E-state index contributed by atoms with van der Waals surface area (Å²) < 4.78 is 14.1. The van der Waals surface area contributed by atoms with E-state index < -0.39 is 40.0 Å². The number of phenols is 3. The number of phenolic OH excluding ortho intramolecular Hbond substituents is 3. The molecule has 5 amide bonds. The van der Waals surface area contributed by atoms with Gasteiger partial charge in [0.05, 0.1) is 11.4 Å². The lowest BCUT2D eigenvalue weighted by Gasteiger charge is -2.35. The molecule has 6 heterocycles. The van der Waals surface area contributed by atoms with Crippen LogP contribution in [0.25, 0.3) is 0 Å². The molecule has 0 aliphatic carbocycles. The highest BCUT2D eigenvalue weighted by Crippen LogP contribution is 2.50. The number of carbonyl (C=O) groups excluding carboxylic acids is 5. The Bertz CT molecular complexity index is 3280. The maximum Gasteiger partial charge on any atom is 0.415 e. The van der Waals surface area contributed by atoms with Crippen molar-refractivity contribution in [1.29, 1.82) is 0 Å². The zero-order chi connectivity index (χ0) is 57.3. The van der Waals surface area contributed by atoms with Crippen LogP contribution in [0, 0.1) is 0 Å². The van der Waals surface area contributed by atoms with Crippen LogP contribution in [0.5, 0.6) is 17.2 Å². The third-order valence-corrected chi connectivity index (χ3v) is 16.8. The van der Waals surface area contributed by atoms with Crippen LogP contribution in [-0.2, 0) is 43.1 Å². The average molecular weight is 1280 g/mol. The smallest absolute Gasteiger partial charge is 0.415 e. The van der Waals surface area contributed by atoms with Gasteiger partial charge in [-0.3, -0.25) is 24.2 Å². The second-order valence-corrected chi connectivity index (χ2v) is 25.7. The number of nitrogens with one attached hydrogen (secondary N) is 1. The molecule has 16 nitrogen and oxygen atoms in total. The molecular formula is C61H61Br3N6O10. The van der Waals surface area contributed by atoms with Gasteiger partial charge in [-0.05, 0) is 168 Å². The summed E-state index contributed by atoms with van der Waals surface area (Å²) in [6, 6.07) is 37.9. The molecule has 6 aliphatic heterocycles. The van der Waals surface area contributed by atoms with Crippen LogP contribution >= 0.6 is 47.8 Å². The molecule has 80 heavy (non-hydrogen) atoms. The lowest BCUT2D eigenvalue weighted by Crippen LogP contribution is -2.56. The number of amides is 5. The standard InChI is InChI=1S/2C22H23BrN2O4.C17H15BrN2O2/c2*1-21(2,3)29-20(28)25-18-12-17(26)9-4-14(18)13-22(25)10-11-24(19(22)27)16-7-5-15(23)6-8-16;18-12-2-4-13(5-3-12)20-8-7-17(16(20)22)10-11-1-6-14(21)9-15(11)19-17/h2*4-9,12,26H,10-11,13H2,1-3H3;1-6,9,19,21H,7-8,10H2. The third-order valence-electron chi connectivity index (χ3n) is 15.2. The highest BCUT2D eigenvalue weighted by molar-refractivity contribution is 9.11. The number of halogens is 3. The van der Waals surface area contributed by atoms with Gasteiger partial charge in [0.1, 0.15) is 45.1 Å². The van der Waals surface area contributed by atoms with E-state index in [1.165, 1.54) is 21.9 Å². The fourth-order valence-corrected chi connectivity index (χ4v) is 12.4. The Kier molecular flexibility index (Phi) is 14.8. The van der Waals surface area contributed by atoms with Gasteiger partial charge in [-0.1, -0.05) is 66.0 Å². The monoisotopic (exact) mass is 1270 g/mol. The summed E-state index contributed by atoms with van der Waals surface area (Å²) in [5.41, 5.74) is 3.14. The predicted octanol–water partition coefficient (Wildman–Crippen LogP) is 12.6. The number of aromatic hydroxyl groups is 3. The predicted molar refractivity (Wildman–Crippen MR) is 318 cm³/mol. The zero-order valence-corrected chi connectivity index (χ0v) is 49.8. The second kappa shape index (κ2) is 21.1. The summed E-state index contributed by atoms with van der Waals surface area (Å²) in [5, 5.41) is 33.0. The second-order valence-electron chi connectivity index (χ2n) is 22.9. The molecule has 0 saturated carbocycles. The van der Waals surface area contributed by atoms with Crippen molar-refractivity contribution in [3.05, 3.63) is 158 Å². The highest BCUT2D eigenvalue weighted by Gasteiger charge is 2.60. The van der Waals surface area contributed by atoms with Crippen molar-refractivity contribution >= 4 is 112 Å². The van der Waals surface area contributed by atoms with Gasteiger partial charge in [-0.2, -0.15) is 0 Å². The molecule has 4 N–H and O–H groups in total. The van der Waals surface area contributed by atoms with E-state index in [9.17, 15) is 39.3 Å². The Labute approximate surface area is 489 Å². The van der Waals surface area contributed by atoms with Gasteiger partial charge in [0.25, 0.3) is 17.7 Å². The lowest BCUT2D eigenvalue weighted by molar-refractivity contribution is -0.122. The van der Waals surface area contributed by atoms with Gasteiger partial charge in [-0.25, -0.2) is 9.59 Å². The maximum absolute atomic E-state index is 13.7. The largest absolute Gasteiger partial charge is 0.508 e. The molecule has 3 fully saturated rings. The molecule has 3 unspecified atom stereocenters. The van der Waals surface area contributed by atoms with Gasteiger partial charge >= 0.3 is 12.2 Å². The van der Waals surface area contributed by atoms with Crippen LogP contribution in [0.4, 0.5) is 43.7 Å². The molecule has 0 bridgehead atoms. The Hall–Kier alpha value is -7.09. The van der Waals surface area contributed by atoms with E-state index >= 15 is 0 Å². The number of nitrogens with zero attached hydrogens (tertiary/aromatic N) is 5. The number of hydrogen-bond donors (Lipinski definition) is 4. The summed E-state index contributed by atoms with van der Waals surface area (Å²) in [7, 11) is 0. The topological polar surface area (TPSA) is 193 Å². The number of anilines is 6. The first kappa shape index (κ1) is 56.2. The van der Waals surface area contributed by atoms with Crippen molar-refractivity contribution in [3.63, 3.8) is 0 Å². The highest BCUT2D eigenvalue weighted by atomic mass is 79.9. The van der Waals surface area contributed by atoms with Crippen molar-refractivity contribution in [1.82, 2.24) is 0 Å². The van der Waals surface area contributed by atoms with E-state index in [1.807, 2.05) is 83.8 Å². The number of rotatable bonds is 3. The molecule has 12 rings (SSSR count). The van der Waals surface area contributed by atoms with Crippen LogP contribution in [-0.4, -0.2) is 92.7 Å². The summed E-state index contributed by atoms with van der Waals surface area (Å²) in [4.78, 5) is 74.8. The van der Waals surface area contributed by atoms with Gasteiger partial charge in [0.15, 0.2) is 0 Å².